The molecule has 0 unspecified atom stereocenters. The van der Waals surface area contributed by atoms with E-state index in [4.69, 9.17) is 9.84 Å². The number of aromatic nitrogens is 4. The number of ether oxygens (including phenoxy) is 1. The van der Waals surface area contributed by atoms with Crippen LogP contribution >= 0.6 is 0 Å². The van der Waals surface area contributed by atoms with Gasteiger partial charge in [-0.3, -0.25) is 9.78 Å². The third-order valence-corrected chi connectivity index (χ3v) is 8.06. The Morgan fingerprint density at radius 1 is 1.02 bits per heavy atom. The first kappa shape index (κ1) is 27.2. The van der Waals surface area contributed by atoms with Crippen LogP contribution in [0.15, 0.2) is 30.7 Å². The standard InChI is InChI=1S/C28H36FN9O3/c1-41-16-20-3-2-12-37(20)28(40)34-19-8-6-18(7-9-19)33-25-13-23(32-17-4-5-17)26-31-15-24(38(26)36-25)27(39)35-22-10-11-30-14-21(22)29/h10-11,13-15,17-20,32H,2-9,12,16H2,1H3,(H,33,36)(H,34,40)(H,30,35,39)/t18-,19-,20-/m0/s1. The molecule has 3 amide bonds. The molecule has 41 heavy (non-hydrogen) atoms. The minimum Gasteiger partial charge on any atom is -0.383 e. The zero-order chi connectivity index (χ0) is 28.3. The monoisotopic (exact) mass is 565 g/mol. The summed E-state index contributed by atoms with van der Waals surface area (Å²) >= 11 is 0. The predicted octanol–water partition coefficient (Wildman–Crippen LogP) is 3.63. The van der Waals surface area contributed by atoms with Gasteiger partial charge in [0.05, 0.1) is 36.4 Å². The highest BCUT2D eigenvalue weighted by Crippen LogP contribution is 2.30. The van der Waals surface area contributed by atoms with Crippen LogP contribution in [0.5, 0.6) is 0 Å². The lowest BCUT2D eigenvalue weighted by Crippen LogP contribution is -2.49. The Hall–Kier alpha value is -4.00. The van der Waals surface area contributed by atoms with Crippen molar-refractivity contribution in [2.24, 2.45) is 0 Å². The van der Waals surface area contributed by atoms with Gasteiger partial charge in [0, 0.05) is 44.0 Å². The van der Waals surface area contributed by atoms with E-state index in [9.17, 15) is 14.0 Å². The van der Waals surface area contributed by atoms with Gasteiger partial charge in [-0.1, -0.05) is 0 Å². The van der Waals surface area contributed by atoms with E-state index in [2.05, 4.69) is 31.2 Å². The number of methoxy groups -OCH3 is 1. The van der Waals surface area contributed by atoms with Gasteiger partial charge >= 0.3 is 6.03 Å². The van der Waals surface area contributed by atoms with Crippen LogP contribution in [0, 0.1) is 5.82 Å². The maximum absolute atomic E-state index is 14.1. The van der Waals surface area contributed by atoms with Crippen molar-refractivity contribution in [2.75, 3.05) is 36.2 Å². The molecular weight excluding hydrogens is 529 g/mol. The van der Waals surface area contributed by atoms with E-state index >= 15 is 0 Å². The number of nitrogens with zero attached hydrogens (tertiary/aromatic N) is 5. The van der Waals surface area contributed by atoms with Gasteiger partial charge in [0.15, 0.2) is 17.2 Å². The molecule has 3 fully saturated rings. The molecule has 12 nitrogen and oxygen atoms in total. The Labute approximate surface area is 237 Å². The topological polar surface area (TPSA) is 138 Å². The van der Waals surface area contributed by atoms with E-state index < -0.39 is 11.7 Å². The number of rotatable bonds is 9. The Bertz CT molecular complexity index is 1400. The molecule has 3 aliphatic rings. The van der Waals surface area contributed by atoms with E-state index in [1.54, 1.807) is 7.11 Å². The van der Waals surface area contributed by atoms with E-state index in [0.29, 0.717) is 24.1 Å². The second-order valence-corrected chi connectivity index (χ2v) is 11.1. The van der Waals surface area contributed by atoms with Gasteiger partial charge in [-0.15, -0.1) is 5.10 Å². The Morgan fingerprint density at radius 3 is 2.54 bits per heavy atom. The van der Waals surface area contributed by atoms with Gasteiger partial charge in [-0.2, -0.15) is 0 Å². The van der Waals surface area contributed by atoms with Crippen molar-refractivity contribution < 1.29 is 18.7 Å². The summed E-state index contributed by atoms with van der Waals surface area (Å²) in [7, 11) is 1.67. The molecule has 3 aromatic rings. The third-order valence-electron chi connectivity index (χ3n) is 8.06. The van der Waals surface area contributed by atoms with Crippen molar-refractivity contribution in [2.45, 2.75) is 75.5 Å². The van der Waals surface area contributed by atoms with Crippen molar-refractivity contribution >= 4 is 34.8 Å². The van der Waals surface area contributed by atoms with Crippen LogP contribution < -0.4 is 21.3 Å². The summed E-state index contributed by atoms with van der Waals surface area (Å²) < 4.78 is 20.9. The smallest absolute Gasteiger partial charge is 0.317 e. The molecule has 4 heterocycles. The van der Waals surface area contributed by atoms with Crippen LogP contribution in [0.3, 0.4) is 0 Å². The number of imidazole rings is 1. The number of halogens is 1. The molecule has 0 spiro atoms. The second-order valence-electron chi connectivity index (χ2n) is 11.1. The molecule has 0 radical (unpaired) electrons. The molecule has 3 aromatic heterocycles. The lowest BCUT2D eigenvalue weighted by molar-refractivity contribution is 0.102. The van der Waals surface area contributed by atoms with Gasteiger partial charge in [-0.05, 0) is 57.4 Å². The summed E-state index contributed by atoms with van der Waals surface area (Å²) in [6, 6.07) is 4.15. The van der Waals surface area contributed by atoms with Crippen LogP contribution in [0.4, 0.5) is 26.4 Å². The summed E-state index contributed by atoms with van der Waals surface area (Å²) in [4.78, 5) is 36.0. The minimum atomic E-state index is -0.622. The summed E-state index contributed by atoms with van der Waals surface area (Å²) in [6.45, 7) is 1.34. The van der Waals surface area contributed by atoms with Crippen molar-refractivity contribution in [3.05, 3.63) is 42.2 Å². The molecule has 2 saturated carbocycles. The first-order valence-electron chi connectivity index (χ1n) is 14.4. The van der Waals surface area contributed by atoms with Crippen molar-refractivity contribution in [1.82, 2.24) is 29.8 Å². The van der Waals surface area contributed by atoms with Gasteiger partial charge in [0.25, 0.3) is 5.91 Å². The Morgan fingerprint density at radius 2 is 1.78 bits per heavy atom. The van der Waals surface area contributed by atoms with Gasteiger partial charge in [0.1, 0.15) is 5.82 Å². The van der Waals surface area contributed by atoms with Crippen molar-refractivity contribution in [3.63, 3.8) is 0 Å². The highest BCUT2D eigenvalue weighted by atomic mass is 19.1. The fraction of sp³-hybridized carbons (Fsp3) is 0.536. The normalized spacial score (nSPS) is 22.5. The number of hydrogen-bond acceptors (Lipinski definition) is 8. The zero-order valence-electron chi connectivity index (χ0n) is 23.1. The molecule has 4 N–H and O–H groups in total. The summed E-state index contributed by atoms with van der Waals surface area (Å²) in [5, 5.41) is 17.5. The van der Waals surface area contributed by atoms with Crippen LogP contribution in [0.25, 0.3) is 5.65 Å². The summed E-state index contributed by atoms with van der Waals surface area (Å²) in [5.41, 5.74) is 1.55. The Balaban J connectivity index is 1.13. The average Bonchev–Trinajstić information content (AvgIpc) is 3.47. The SMILES string of the molecule is COC[C@@H]1CCCN1C(=O)N[C@H]1CC[C@H](Nc2cc(NC3CC3)c3ncc(C(=O)Nc4ccncc4F)n3n2)CC1. The molecule has 218 valence electrons. The number of amides is 3. The van der Waals surface area contributed by atoms with Crippen LogP contribution in [-0.4, -0.2) is 80.8 Å². The number of carbonyl (C=O) groups excluding carboxylic acids is 2. The van der Waals surface area contributed by atoms with Crippen LogP contribution in [0.2, 0.25) is 0 Å². The fourth-order valence-corrected chi connectivity index (χ4v) is 5.73. The van der Waals surface area contributed by atoms with Crippen LogP contribution in [0.1, 0.15) is 61.9 Å². The van der Waals surface area contributed by atoms with Crippen LogP contribution in [-0.2, 0) is 4.74 Å². The molecule has 6 rings (SSSR count). The van der Waals surface area contributed by atoms with E-state index in [1.165, 1.54) is 23.0 Å². The van der Waals surface area contributed by atoms with Gasteiger partial charge in [0.2, 0.25) is 0 Å². The maximum Gasteiger partial charge on any atom is 0.317 e. The zero-order valence-corrected chi connectivity index (χ0v) is 23.1. The number of anilines is 3. The molecular formula is C28H36FN9O3. The second kappa shape index (κ2) is 11.9. The molecule has 1 aliphatic heterocycles. The number of carbonyl (C=O) groups is 2. The van der Waals surface area contributed by atoms with Gasteiger partial charge < -0.3 is 30.9 Å². The average molecular weight is 566 g/mol. The number of nitrogens with one attached hydrogen (secondary N) is 4. The quantitative estimate of drug-likeness (QED) is 0.309. The molecule has 2 aliphatic carbocycles. The number of urea groups is 1. The predicted molar refractivity (Wildman–Crippen MR) is 152 cm³/mol. The lowest BCUT2D eigenvalue weighted by Gasteiger charge is -2.32. The molecule has 0 aromatic carbocycles. The maximum atomic E-state index is 14.1. The molecule has 0 bridgehead atoms. The minimum absolute atomic E-state index is 0.00132. The van der Waals surface area contributed by atoms with E-state index in [-0.39, 0.29) is 35.5 Å². The largest absolute Gasteiger partial charge is 0.383 e. The van der Waals surface area contributed by atoms with Gasteiger partial charge in [-0.25, -0.2) is 18.7 Å². The Kier molecular flexibility index (Phi) is 7.86. The molecule has 13 heteroatoms. The first-order valence-corrected chi connectivity index (χ1v) is 14.4. The fourth-order valence-electron chi connectivity index (χ4n) is 5.73. The number of likely N-dealkylation sites (tertiary alicyclic amines) is 1. The van der Waals surface area contributed by atoms with E-state index in [1.807, 2.05) is 11.0 Å². The lowest BCUT2D eigenvalue weighted by atomic mass is 9.91. The number of hydrogen-bond donors (Lipinski definition) is 4. The molecule has 1 saturated heterocycles. The van der Waals surface area contributed by atoms with Crippen molar-refractivity contribution in [1.29, 1.82) is 0 Å². The van der Waals surface area contributed by atoms with Crippen molar-refractivity contribution in [3.8, 4) is 0 Å². The molecule has 1 atom stereocenters. The number of pyridine rings is 1. The first-order chi connectivity index (χ1) is 20.0. The third kappa shape index (κ3) is 6.19. The van der Waals surface area contributed by atoms with E-state index in [0.717, 1.165) is 69.8 Å². The summed E-state index contributed by atoms with van der Waals surface area (Å²) in [6.07, 6.45) is 11.5. The number of fused-ring (bicyclic) bond motifs is 1. The highest BCUT2D eigenvalue weighted by molar-refractivity contribution is 6.03. The highest BCUT2D eigenvalue weighted by Gasteiger charge is 2.31. The summed E-state index contributed by atoms with van der Waals surface area (Å²) in [5.74, 6) is -0.524.